The number of hydrogen-bond acceptors (Lipinski definition) is 3. The van der Waals surface area contributed by atoms with Crippen molar-refractivity contribution in [2.24, 2.45) is 0 Å². The summed E-state index contributed by atoms with van der Waals surface area (Å²) in [7, 11) is 0. The Labute approximate surface area is 133 Å². The smallest absolute Gasteiger partial charge is 0.0438 e. The van der Waals surface area contributed by atoms with E-state index < -0.39 is 0 Å². The molecule has 0 radical (unpaired) electrons. The minimum absolute atomic E-state index is 0.493. The van der Waals surface area contributed by atoms with Gasteiger partial charge >= 0.3 is 0 Å². The predicted molar refractivity (Wildman–Crippen MR) is 89.0 cm³/mol. The number of hydrogen-bond donors (Lipinski definition) is 1. The maximum Gasteiger partial charge on any atom is 0.0438 e. The molecule has 0 aliphatic carbocycles. The van der Waals surface area contributed by atoms with Gasteiger partial charge in [0.25, 0.3) is 0 Å². The van der Waals surface area contributed by atoms with Crippen molar-refractivity contribution in [1.82, 2.24) is 15.1 Å². The van der Waals surface area contributed by atoms with Crippen LogP contribution in [0.25, 0.3) is 0 Å². The minimum Gasteiger partial charge on any atom is -0.312 e. The highest BCUT2D eigenvalue weighted by molar-refractivity contribution is 6.31. The van der Waals surface area contributed by atoms with Crippen LogP contribution in [0.2, 0.25) is 5.02 Å². The standard InChI is InChI=1S/C17H26ClN3/c1-2-7-19-16(12-14-5-3-4-6-15(14)18)17-13-20-8-10-21(17)11-9-20/h3-6,16-17,19H,2,7-13H2,1H3. The van der Waals surface area contributed by atoms with Gasteiger partial charge in [0, 0.05) is 49.8 Å². The molecule has 21 heavy (non-hydrogen) atoms. The average Bonchev–Trinajstić information content (AvgIpc) is 2.54. The Balaban J connectivity index is 1.73. The molecule has 2 unspecified atom stereocenters. The fourth-order valence-corrected chi connectivity index (χ4v) is 3.83. The topological polar surface area (TPSA) is 18.5 Å². The molecule has 3 heterocycles. The van der Waals surface area contributed by atoms with Gasteiger partial charge in [-0.05, 0) is 31.0 Å². The van der Waals surface area contributed by atoms with Gasteiger partial charge in [0.1, 0.15) is 0 Å². The summed E-state index contributed by atoms with van der Waals surface area (Å²) < 4.78 is 0. The van der Waals surface area contributed by atoms with Crippen molar-refractivity contribution in [3.8, 4) is 0 Å². The number of piperazine rings is 3. The van der Waals surface area contributed by atoms with Crippen molar-refractivity contribution in [3.05, 3.63) is 34.9 Å². The largest absolute Gasteiger partial charge is 0.312 e. The first-order chi connectivity index (χ1) is 10.3. The highest BCUT2D eigenvalue weighted by atomic mass is 35.5. The summed E-state index contributed by atoms with van der Waals surface area (Å²) in [6, 6.07) is 9.39. The van der Waals surface area contributed by atoms with Gasteiger partial charge in [0.15, 0.2) is 0 Å². The molecule has 3 aliphatic heterocycles. The van der Waals surface area contributed by atoms with E-state index in [4.69, 9.17) is 11.6 Å². The molecule has 1 aromatic rings. The van der Waals surface area contributed by atoms with Gasteiger partial charge in [-0.15, -0.1) is 0 Å². The van der Waals surface area contributed by atoms with Crippen LogP contribution >= 0.6 is 11.6 Å². The van der Waals surface area contributed by atoms with Crippen LogP contribution in [-0.4, -0.2) is 61.2 Å². The zero-order valence-electron chi connectivity index (χ0n) is 12.9. The van der Waals surface area contributed by atoms with Gasteiger partial charge in [-0.25, -0.2) is 0 Å². The van der Waals surface area contributed by atoms with Gasteiger partial charge in [0.2, 0.25) is 0 Å². The van der Waals surface area contributed by atoms with E-state index in [1.807, 2.05) is 12.1 Å². The predicted octanol–water partition coefficient (Wildman–Crippen LogP) is 2.25. The molecular formula is C17H26ClN3. The van der Waals surface area contributed by atoms with Crippen molar-refractivity contribution >= 4 is 11.6 Å². The summed E-state index contributed by atoms with van der Waals surface area (Å²) in [4.78, 5) is 5.28. The van der Waals surface area contributed by atoms with E-state index in [-0.39, 0.29) is 0 Å². The maximum absolute atomic E-state index is 6.37. The molecule has 2 atom stereocenters. The number of nitrogens with zero attached hydrogens (tertiary/aromatic N) is 2. The van der Waals surface area contributed by atoms with Crippen LogP contribution in [-0.2, 0) is 6.42 Å². The molecule has 116 valence electrons. The summed E-state index contributed by atoms with van der Waals surface area (Å²) in [6.07, 6.45) is 2.20. The highest BCUT2D eigenvalue weighted by Gasteiger charge is 2.36. The third kappa shape index (κ3) is 3.59. The van der Waals surface area contributed by atoms with Crippen LogP contribution < -0.4 is 5.32 Å². The summed E-state index contributed by atoms with van der Waals surface area (Å²) >= 11 is 6.37. The lowest BCUT2D eigenvalue weighted by atomic mass is 9.94. The Morgan fingerprint density at radius 2 is 2.00 bits per heavy atom. The lowest BCUT2D eigenvalue weighted by molar-refractivity contribution is -0.00309. The maximum atomic E-state index is 6.37. The van der Waals surface area contributed by atoms with E-state index in [0.717, 1.165) is 18.0 Å². The molecule has 3 fully saturated rings. The van der Waals surface area contributed by atoms with E-state index in [0.29, 0.717) is 12.1 Å². The van der Waals surface area contributed by atoms with Crippen molar-refractivity contribution in [1.29, 1.82) is 0 Å². The third-order valence-corrected chi connectivity index (χ3v) is 5.21. The first-order valence-corrected chi connectivity index (χ1v) is 8.59. The SMILES string of the molecule is CCCNC(Cc1ccccc1Cl)C1CN2CCN1CC2. The normalized spacial score (nSPS) is 29.5. The first kappa shape index (κ1) is 15.3. The molecule has 2 bridgehead atoms. The number of nitrogens with one attached hydrogen (secondary N) is 1. The van der Waals surface area contributed by atoms with Gasteiger partial charge < -0.3 is 5.32 Å². The summed E-state index contributed by atoms with van der Waals surface area (Å²) in [5.74, 6) is 0. The fourth-order valence-electron chi connectivity index (χ4n) is 3.61. The molecular weight excluding hydrogens is 282 g/mol. The van der Waals surface area contributed by atoms with Crippen LogP contribution in [0.15, 0.2) is 24.3 Å². The molecule has 0 saturated carbocycles. The Morgan fingerprint density at radius 1 is 1.24 bits per heavy atom. The van der Waals surface area contributed by atoms with Gasteiger partial charge in [-0.1, -0.05) is 36.7 Å². The molecule has 0 aromatic heterocycles. The zero-order valence-corrected chi connectivity index (χ0v) is 13.6. The molecule has 1 aromatic carbocycles. The molecule has 4 heteroatoms. The second-order valence-electron chi connectivity index (χ2n) is 6.26. The lowest BCUT2D eigenvalue weighted by Crippen LogP contribution is -2.66. The van der Waals surface area contributed by atoms with Crippen molar-refractivity contribution in [3.63, 3.8) is 0 Å². The quantitative estimate of drug-likeness (QED) is 0.869. The molecule has 1 N–H and O–H groups in total. The average molecular weight is 308 g/mol. The van der Waals surface area contributed by atoms with Crippen LogP contribution in [0.4, 0.5) is 0 Å². The Hall–Kier alpha value is -0.610. The fraction of sp³-hybridized carbons (Fsp3) is 0.647. The van der Waals surface area contributed by atoms with Crippen LogP contribution in [0.3, 0.4) is 0 Å². The van der Waals surface area contributed by atoms with Crippen LogP contribution in [0.1, 0.15) is 18.9 Å². The van der Waals surface area contributed by atoms with Gasteiger partial charge in [-0.2, -0.15) is 0 Å². The summed E-state index contributed by atoms with van der Waals surface area (Å²) in [5.41, 5.74) is 1.27. The minimum atomic E-state index is 0.493. The van der Waals surface area contributed by atoms with Crippen molar-refractivity contribution in [2.45, 2.75) is 31.8 Å². The summed E-state index contributed by atoms with van der Waals surface area (Å²) in [6.45, 7) is 9.43. The number of halogens is 1. The van der Waals surface area contributed by atoms with E-state index in [9.17, 15) is 0 Å². The monoisotopic (exact) mass is 307 g/mol. The second kappa shape index (κ2) is 7.10. The molecule has 3 nitrogen and oxygen atoms in total. The van der Waals surface area contributed by atoms with Gasteiger partial charge in [0.05, 0.1) is 0 Å². The number of benzene rings is 1. The van der Waals surface area contributed by atoms with Crippen LogP contribution in [0.5, 0.6) is 0 Å². The van der Waals surface area contributed by atoms with Crippen LogP contribution in [0, 0.1) is 0 Å². The molecule has 3 aliphatic rings. The first-order valence-electron chi connectivity index (χ1n) is 8.21. The van der Waals surface area contributed by atoms with E-state index in [1.54, 1.807) is 0 Å². The number of fused-ring (bicyclic) bond motifs is 3. The zero-order chi connectivity index (χ0) is 14.7. The highest BCUT2D eigenvalue weighted by Crippen LogP contribution is 2.23. The lowest BCUT2D eigenvalue weighted by Gasteiger charge is -2.50. The molecule has 4 rings (SSSR count). The Bertz CT molecular complexity index is 457. The van der Waals surface area contributed by atoms with Crippen molar-refractivity contribution in [2.75, 3.05) is 39.3 Å². The summed E-state index contributed by atoms with van der Waals surface area (Å²) in [5, 5.41) is 4.67. The van der Waals surface area contributed by atoms with E-state index >= 15 is 0 Å². The third-order valence-electron chi connectivity index (χ3n) is 4.84. The Kier molecular flexibility index (Phi) is 5.17. The van der Waals surface area contributed by atoms with Gasteiger partial charge in [-0.3, -0.25) is 9.80 Å². The van der Waals surface area contributed by atoms with E-state index in [1.165, 1.54) is 44.7 Å². The molecule has 3 saturated heterocycles. The number of rotatable bonds is 6. The van der Waals surface area contributed by atoms with E-state index in [2.05, 4.69) is 34.2 Å². The second-order valence-corrected chi connectivity index (χ2v) is 6.67. The van der Waals surface area contributed by atoms with Crippen molar-refractivity contribution < 1.29 is 0 Å². The Morgan fingerprint density at radius 3 is 2.62 bits per heavy atom. The molecule has 0 spiro atoms. The molecule has 0 amide bonds.